The molecule has 0 amide bonds. The highest BCUT2D eigenvalue weighted by atomic mass is 31.2. The summed E-state index contributed by atoms with van der Waals surface area (Å²) in [6.45, 7) is 3.63. The maximum atomic E-state index is 12.8. The van der Waals surface area contributed by atoms with Crippen molar-refractivity contribution in [2.75, 3.05) is 26.4 Å². The Morgan fingerprint density at radius 1 is 0.348 bits per heavy atom. The fourth-order valence-electron chi connectivity index (χ4n) is 9.87. The summed E-state index contributed by atoms with van der Waals surface area (Å²) < 4.78 is 33.2. The Morgan fingerprint density at radius 2 is 0.618 bits per heavy atom. The number of carbonyl (C=O) groups excluding carboxylic acids is 2. The minimum absolute atomic E-state index is 0.0463. The zero-order valence-electron chi connectivity index (χ0n) is 57.1. The molecule has 10 heteroatoms. The highest BCUT2D eigenvalue weighted by Crippen LogP contribution is 2.43. The highest BCUT2D eigenvalue weighted by Gasteiger charge is 2.26. The average Bonchev–Trinajstić information content (AvgIpc) is 3.68. The zero-order valence-corrected chi connectivity index (χ0v) is 58.0. The lowest BCUT2D eigenvalue weighted by Crippen LogP contribution is -2.29. The van der Waals surface area contributed by atoms with Gasteiger partial charge in [-0.3, -0.25) is 18.6 Å². The molecular weight excluding hydrogens is 1120 g/mol. The van der Waals surface area contributed by atoms with Crippen LogP contribution in [0, 0.1) is 0 Å². The van der Waals surface area contributed by atoms with Crippen LogP contribution in [0.3, 0.4) is 0 Å². The van der Waals surface area contributed by atoms with Crippen LogP contribution < -0.4 is 5.73 Å². The lowest BCUT2D eigenvalue weighted by Gasteiger charge is -2.19. The summed E-state index contributed by atoms with van der Waals surface area (Å²) in [6.07, 6.45) is 105. The second-order valence-electron chi connectivity index (χ2n) is 23.7. The Morgan fingerprint density at radius 3 is 0.921 bits per heavy atom. The number of hydrogen-bond donors (Lipinski definition) is 2. The molecule has 0 spiro atoms. The van der Waals surface area contributed by atoms with Crippen LogP contribution in [0.1, 0.15) is 309 Å². The topological polar surface area (TPSA) is 134 Å². The number of allylic oxidation sites excluding steroid dienone is 24. The molecule has 0 aromatic heterocycles. The van der Waals surface area contributed by atoms with Crippen molar-refractivity contribution < 1.29 is 37.6 Å². The van der Waals surface area contributed by atoms with Crippen molar-refractivity contribution >= 4 is 19.8 Å². The van der Waals surface area contributed by atoms with Crippen molar-refractivity contribution in [2.45, 2.75) is 315 Å². The first-order chi connectivity index (χ1) is 43.8. The van der Waals surface area contributed by atoms with Gasteiger partial charge in [0.1, 0.15) is 6.61 Å². The summed E-state index contributed by atoms with van der Waals surface area (Å²) in [6, 6.07) is 0. The summed E-state index contributed by atoms with van der Waals surface area (Å²) in [5, 5.41) is 0. The van der Waals surface area contributed by atoms with E-state index < -0.39 is 26.5 Å². The fraction of sp³-hybridized carbons (Fsp3) is 0.671. The maximum absolute atomic E-state index is 12.8. The summed E-state index contributed by atoms with van der Waals surface area (Å²) in [5.74, 6) is -0.836. The van der Waals surface area contributed by atoms with Crippen LogP contribution in [0.15, 0.2) is 146 Å². The fourth-order valence-corrected chi connectivity index (χ4v) is 10.6. The molecule has 0 rings (SSSR count). The highest BCUT2D eigenvalue weighted by molar-refractivity contribution is 7.47. The summed E-state index contributed by atoms with van der Waals surface area (Å²) >= 11 is 0. The van der Waals surface area contributed by atoms with Crippen molar-refractivity contribution in [2.24, 2.45) is 5.73 Å². The number of nitrogens with two attached hydrogens (primary N) is 1. The minimum Gasteiger partial charge on any atom is -0.462 e. The van der Waals surface area contributed by atoms with Crippen molar-refractivity contribution in [3.8, 4) is 0 Å². The van der Waals surface area contributed by atoms with Gasteiger partial charge in [0.25, 0.3) is 0 Å². The molecular formula is C79H134NO8P. The van der Waals surface area contributed by atoms with Crippen LogP contribution in [-0.4, -0.2) is 49.3 Å². The van der Waals surface area contributed by atoms with Crippen LogP contribution in [-0.2, 0) is 32.7 Å². The first-order valence-electron chi connectivity index (χ1n) is 36.3. The van der Waals surface area contributed by atoms with Gasteiger partial charge in [-0.25, -0.2) is 4.57 Å². The predicted octanol–water partition coefficient (Wildman–Crippen LogP) is 24.2. The molecule has 0 aromatic rings. The van der Waals surface area contributed by atoms with Crippen molar-refractivity contribution in [3.05, 3.63) is 146 Å². The molecule has 0 aliphatic rings. The number of unbranched alkanes of at least 4 members (excludes halogenated alkanes) is 30. The first kappa shape index (κ1) is 84.9. The van der Waals surface area contributed by atoms with E-state index in [1.807, 2.05) is 0 Å². The van der Waals surface area contributed by atoms with Gasteiger partial charge in [0.15, 0.2) is 6.10 Å². The van der Waals surface area contributed by atoms with Gasteiger partial charge in [-0.05, 0) is 122 Å². The van der Waals surface area contributed by atoms with Crippen molar-refractivity contribution in [1.29, 1.82) is 0 Å². The molecule has 89 heavy (non-hydrogen) atoms. The first-order valence-corrected chi connectivity index (χ1v) is 37.8. The van der Waals surface area contributed by atoms with Crippen LogP contribution in [0.5, 0.6) is 0 Å². The maximum Gasteiger partial charge on any atom is 0.472 e. The van der Waals surface area contributed by atoms with Gasteiger partial charge in [0.2, 0.25) is 0 Å². The molecule has 0 aliphatic carbocycles. The van der Waals surface area contributed by atoms with Gasteiger partial charge in [0.05, 0.1) is 13.2 Å². The largest absolute Gasteiger partial charge is 0.472 e. The van der Waals surface area contributed by atoms with E-state index in [1.54, 1.807) is 0 Å². The molecule has 2 unspecified atom stereocenters. The van der Waals surface area contributed by atoms with Gasteiger partial charge in [0, 0.05) is 19.4 Å². The minimum atomic E-state index is -4.41. The number of ether oxygens (including phenoxy) is 2. The van der Waals surface area contributed by atoms with E-state index in [-0.39, 0.29) is 38.6 Å². The molecule has 0 radical (unpaired) electrons. The lowest BCUT2D eigenvalue weighted by atomic mass is 10.0. The Hall–Kier alpha value is -4.11. The molecule has 0 fully saturated rings. The van der Waals surface area contributed by atoms with E-state index >= 15 is 0 Å². The van der Waals surface area contributed by atoms with E-state index in [1.165, 1.54) is 161 Å². The van der Waals surface area contributed by atoms with Gasteiger partial charge in [-0.15, -0.1) is 0 Å². The molecule has 0 aliphatic heterocycles. The quantitative estimate of drug-likeness (QED) is 0.0264. The Labute approximate surface area is 547 Å². The standard InChI is InChI=1S/C79H134NO8P/c1-3-5-7-9-11-13-15-17-19-21-23-25-27-29-31-33-34-35-36-37-38-39-40-41-42-44-46-48-50-52-54-56-58-60-62-64-66-68-70-72-79(82)88-77(76-87-89(83,84)86-74-73-80)75-85-78(81)71-69-67-65-63-61-59-57-55-53-51-49-47-45-43-32-30-28-26-24-22-20-18-16-14-12-10-8-6-4-2/h5,7,11,13,16-19,22-25,29,31,34-35,37-38,40-41,44,46,50,52,77H,3-4,6,8-10,12,14-15,20-21,26-28,30,32-33,36,39,42-43,45,47-49,51,53-76,80H2,1-2H3,(H,83,84)/b7-5-,13-11-,18-16-,19-17-,24-22-,25-23-,31-29-,35-34-,38-37-,41-40-,46-44-,52-50-. The third kappa shape index (κ3) is 72.8. The average molecular weight is 1260 g/mol. The van der Waals surface area contributed by atoms with Crippen LogP contribution >= 0.6 is 7.82 Å². The predicted molar refractivity (Wildman–Crippen MR) is 385 cm³/mol. The number of esters is 2. The Balaban J connectivity index is 3.94. The zero-order chi connectivity index (χ0) is 64.4. The number of phosphoric ester groups is 1. The lowest BCUT2D eigenvalue weighted by molar-refractivity contribution is -0.161. The Kier molecular flexibility index (Phi) is 69.6. The number of hydrogen-bond acceptors (Lipinski definition) is 8. The van der Waals surface area contributed by atoms with Crippen LogP contribution in [0.4, 0.5) is 0 Å². The second kappa shape index (κ2) is 72.9. The van der Waals surface area contributed by atoms with E-state index in [2.05, 4.69) is 160 Å². The van der Waals surface area contributed by atoms with Crippen LogP contribution in [0.25, 0.3) is 0 Å². The molecule has 0 heterocycles. The molecule has 3 N–H and O–H groups in total. The summed E-state index contributed by atoms with van der Waals surface area (Å²) in [5.41, 5.74) is 5.40. The molecule has 2 atom stereocenters. The van der Waals surface area contributed by atoms with E-state index in [0.29, 0.717) is 6.42 Å². The van der Waals surface area contributed by atoms with E-state index in [0.717, 1.165) is 116 Å². The van der Waals surface area contributed by atoms with Gasteiger partial charge in [-0.2, -0.15) is 0 Å². The summed E-state index contributed by atoms with van der Waals surface area (Å²) in [4.78, 5) is 35.4. The van der Waals surface area contributed by atoms with Gasteiger partial charge in [-0.1, -0.05) is 320 Å². The SMILES string of the molecule is CC/C=C\C/C=C\C/C=C\C/C=C\C/C=C\C/C=C\C/C=C\C/C=C\C/C=C\C/C=C\CCCCCCCCCCC(=O)OC(COC(=O)CCCCCCCCCCCCCCCCCCC/C=C\C/C=C\CCCCCCC)COP(=O)(O)OCCN. The van der Waals surface area contributed by atoms with E-state index in [9.17, 15) is 19.0 Å². The Bertz CT molecular complexity index is 1970. The van der Waals surface area contributed by atoms with Gasteiger partial charge >= 0.3 is 19.8 Å². The third-order valence-corrected chi connectivity index (χ3v) is 16.2. The third-order valence-electron chi connectivity index (χ3n) is 15.2. The smallest absolute Gasteiger partial charge is 0.462 e. The van der Waals surface area contributed by atoms with Crippen molar-refractivity contribution in [3.63, 3.8) is 0 Å². The van der Waals surface area contributed by atoms with Gasteiger partial charge < -0.3 is 20.1 Å². The van der Waals surface area contributed by atoms with E-state index in [4.69, 9.17) is 24.3 Å². The summed E-state index contributed by atoms with van der Waals surface area (Å²) in [7, 11) is -4.41. The molecule has 0 aromatic carbocycles. The molecule has 9 nitrogen and oxygen atoms in total. The molecule has 0 saturated carbocycles. The molecule has 508 valence electrons. The molecule has 0 bridgehead atoms. The molecule has 0 saturated heterocycles. The van der Waals surface area contributed by atoms with Crippen LogP contribution in [0.2, 0.25) is 0 Å². The normalized spacial score (nSPS) is 13.8. The number of phosphoric acid groups is 1. The number of carbonyl (C=O) groups is 2. The van der Waals surface area contributed by atoms with Crippen molar-refractivity contribution in [1.82, 2.24) is 0 Å². The second-order valence-corrected chi connectivity index (χ2v) is 25.2. The number of rotatable bonds is 67. The monoisotopic (exact) mass is 1260 g/mol.